The molecule has 2 N–H and O–H groups in total. The molecule has 0 saturated heterocycles. The van der Waals surface area contributed by atoms with Crippen LogP contribution in [0.25, 0.3) is 11.0 Å². The number of aliphatic hydroxyl groups is 1. The number of carboxylic acid groups (broad SMARTS) is 1. The lowest BCUT2D eigenvalue weighted by Crippen LogP contribution is -2.06. The predicted molar refractivity (Wildman–Crippen MR) is 90.2 cm³/mol. The van der Waals surface area contributed by atoms with E-state index in [9.17, 15) is 24.4 Å². The number of hydrogen-bond acceptors (Lipinski definition) is 6. The zero-order valence-electron chi connectivity index (χ0n) is 13.4. The quantitative estimate of drug-likeness (QED) is 0.411. The van der Waals surface area contributed by atoms with Crippen LogP contribution in [0.4, 0.5) is 14.9 Å². The van der Waals surface area contributed by atoms with Crippen LogP contribution in [0.2, 0.25) is 0 Å². The van der Waals surface area contributed by atoms with Gasteiger partial charge < -0.3 is 14.9 Å². The zero-order chi connectivity index (χ0) is 19.6. The maximum atomic E-state index is 14.1. The first kappa shape index (κ1) is 17.8. The van der Waals surface area contributed by atoms with Gasteiger partial charge in [0, 0.05) is 18.5 Å². The third-order valence-electron chi connectivity index (χ3n) is 3.50. The van der Waals surface area contributed by atoms with Crippen LogP contribution in [0.1, 0.15) is 5.56 Å². The summed E-state index contributed by atoms with van der Waals surface area (Å²) in [6, 6.07) is 4.25. The van der Waals surface area contributed by atoms with E-state index in [1.807, 2.05) is 0 Å². The van der Waals surface area contributed by atoms with E-state index in [1.165, 1.54) is 18.5 Å². The van der Waals surface area contributed by atoms with Crippen molar-refractivity contribution >= 4 is 22.8 Å². The van der Waals surface area contributed by atoms with E-state index in [0.717, 1.165) is 16.7 Å². The van der Waals surface area contributed by atoms with Gasteiger partial charge in [-0.3, -0.25) is 10.1 Å². The number of nitro groups is 1. The van der Waals surface area contributed by atoms with Gasteiger partial charge in [-0.1, -0.05) is 11.8 Å². The molecule has 0 atom stereocenters. The molecule has 0 bridgehead atoms. The molecule has 0 aliphatic carbocycles. The Morgan fingerprint density at radius 2 is 2.15 bits per heavy atom. The molecule has 0 aliphatic heterocycles. The molecule has 0 spiro atoms. The summed E-state index contributed by atoms with van der Waals surface area (Å²) in [5.74, 6) is 3.78. The van der Waals surface area contributed by atoms with Gasteiger partial charge in [-0.05, 0) is 12.1 Å². The second kappa shape index (κ2) is 7.11. The van der Waals surface area contributed by atoms with Gasteiger partial charge in [0.1, 0.15) is 12.4 Å². The predicted octanol–water partition coefficient (Wildman–Crippen LogP) is 2.75. The van der Waals surface area contributed by atoms with Crippen LogP contribution in [0.5, 0.6) is 11.5 Å². The number of carbonyl (C=O) groups is 1. The number of nitro benzene ring substituents is 1. The first-order valence-electron chi connectivity index (χ1n) is 7.37. The Bertz CT molecular complexity index is 1130. The number of aliphatic hydroxyl groups excluding tert-OH is 1. The normalized spacial score (nSPS) is 10.3. The smallest absolute Gasteiger partial charge is 0.417 e. The molecule has 0 saturated carbocycles. The van der Waals surface area contributed by atoms with Gasteiger partial charge in [-0.15, -0.1) is 0 Å². The highest BCUT2D eigenvalue weighted by Crippen LogP contribution is 2.34. The van der Waals surface area contributed by atoms with Crippen molar-refractivity contribution in [3.8, 4) is 23.3 Å². The Labute approximate surface area is 150 Å². The highest BCUT2D eigenvalue weighted by Gasteiger charge is 2.19. The third-order valence-corrected chi connectivity index (χ3v) is 3.50. The summed E-state index contributed by atoms with van der Waals surface area (Å²) >= 11 is 0. The molecule has 9 nitrogen and oxygen atoms in total. The van der Waals surface area contributed by atoms with Crippen molar-refractivity contribution in [2.75, 3.05) is 6.61 Å². The lowest BCUT2D eigenvalue weighted by atomic mass is 10.2. The number of non-ortho nitro benzene ring substituents is 1. The fourth-order valence-electron chi connectivity index (χ4n) is 2.39. The Balaban J connectivity index is 2.15. The van der Waals surface area contributed by atoms with Crippen molar-refractivity contribution in [2.24, 2.45) is 0 Å². The topological polar surface area (TPSA) is 128 Å². The fourth-order valence-corrected chi connectivity index (χ4v) is 2.39. The van der Waals surface area contributed by atoms with E-state index in [2.05, 4.69) is 16.8 Å². The maximum absolute atomic E-state index is 14.1. The van der Waals surface area contributed by atoms with Crippen LogP contribution in [-0.4, -0.2) is 37.4 Å². The van der Waals surface area contributed by atoms with Gasteiger partial charge in [-0.25, -0.2) is 18.7 Å². The first-order chi connectivity index (χ1) is 12.9. The number of benzene rings is 1. The zero-order valence-corrected chi connectivity index (χ0v) is 13.4. The summed E-state index contributed by atoms with van der Waals surface area (Å²) in [7, 11) is 0. The van der Waals surface area contributed by atoms with Crippen molar-refractivity contribution < 1.29 is 29.1 Å². The number of halogens is 1. The molecule has 27 heavy (non-hydrogen) atoms. The number of rotatable bonds is 3. The van der Waals surface area contributed by atoms with Crippen molar-refractivity contribution in [2.45, 2.75) is 0 Å². The minimum Gasteiger partial charge on any atom is -0.464 e. The lowest BCUT2D eigenvalue weighted by Gasteiger charge is -2.08. The van der Waals surface area contributed by atoms with Crippen LogP contribution >= 0.6 is 0 Å². The van der Waals surface area contributed by atoms with Crippen molar-refractivity contribution in [1.29, 1.82) is 0 Å². The summed E-state index contributed by atoms with van der Waals surface area (Å²) in [5.41, 5.74) is -0.234. The lowest BCUT2D eigenvalue weighted by molar-refractivity contribution is -0.385. The first-order valence-corrected chi connectivity index (χ1v) is 7.37. The fraction of sp³-hybridized carbons (Fsp3) is 0.0588. The Hall–Kier alpha value is -3.97. The molecule has 0 radical (unpaired) electrons. The van der Waals surface area contributed by atoms with Crippen molar-refractivity contribution in [3.63, 3.8) is 0 Å². The number of pyridine rings is 1. The molecule has 3 rings (SSSR count). The second-order valence-electron chi connectivity index (χ2n) is 5.14. The maximum Gasteiger partial charge on any atom is 0.417 e. The number of ether oxygens (including phenoxy) is 1. The molecule has 2 aromatic heterocycles. The van der Waals surface area contributed by atoms with E-state index in [0.29, 0.717) is 6.07 Å². The highest BCUT2D eigenvalue weighted by atomic mass is 19.1. The van der Waals surface area contributed by atoms with Crippen LogP contribution in [-0.2, 0) is 0 Å². The molecular weight excluding hydrogens is 361 g/mol. The minimum atomic E-state index is -1.32. The number of fused-ring (bicyclic) bond motifs is 1. The largest absolute Gasteiger partial charge is 0.464 e. The second-order valence-corrected chi connectivity index (χ2v) is 5.14. The SMILES string of the molecule is O=C(O)n1cc(C#CCO)c2c(Oc3ccc([N+](=O)[O-])cc3F)ccnc21. The number of hydrogen-bond donors (Lipinski definition) is 2. The summed E-state index contributed by atoms with van der Waals surface area (Å²) in [6.07, 6.45) is 1.15. The van der Waals surface area contributed by atoms with E-state index >= 15 is 0 Å². The molecule has 3 aromatic rings. The average molecular weight is 371 g/mol. The Kier molecular flexibility index (Phi) is 4.69. The molecule has 136 valence electrons. The number of aromatic nitrogens is 2. The monoisotopic (exact) mass is 371 g/mol. The summed E-state index contributed by atoms with van der Waals surface area (Å²) in [6.45, 7) is -0.451. The average Bonchev–Trinajstić information content (AvgIpc) is 3.01. The van der Waals surface area contributed by atoms with Gasteiger partial charge in [0.25, 0.3) is 5.69 Å². The highest BCUT2D eigenvalue weighted by molar-refractivity contribution is 5.95. The van der Waals surface area contributed by atoms with Gasteiger partial charge in [0.2, 0.25) is 0 Å². The molecule has 0 fully saturated rings. The minimum absolute atomic E-state index is 0.00422. The number of nitrogens with zero attached hydrogens (tertiary/aromatic N) is 3. The van der Waals surface area contributed by atoms with E-state index in [-0.39, 0.29) is 28.1 Å². The van der Waals surface area contributed by atoms with Gasteiger partial charge >= 0.3 is 6.09 Å². The van der Waals surface area contributed by atoms with Gasteiger partial charge in [0.15, 0.2) is 17.2 Å². The standard InChI is InChI=1S/C17H10FN3O6/c18-12-8-11(21(25)26)3-4-13(12)27-14-5-6-19-16-15(14)10(2-1-7-22)9-20(16)17(23)24/h3-6,8-9,22H,7H2,(H,23,24). The van der Waals surface area contributed by atoms with Gasteiger partial charge in [0.05, 0.1) is 21.9 Å². The molecule has 0 amide bonds. The third kappa shape index (κ3) is 3.39. The van der Waals surface area contributed by atoms with E-state index < -0.39 is 29.1 Å². The molecule has 1 aromatic carbocycles. The van der Waals surface area contributed by atoms with Crippen LogP contribution in [0, 0.1) is 27.8 Å². The van der Waals surface area contributed by atoms with Crippen molar-refractivity contribution in [3.05, 3.63) is 58.2 Å². The molecular formula is C17H10FN3O6. The van der Waals surface area contributed by atoms with E-state index in [4.69, 9.17) is 9.84 Å². The van der Waals surface area contributed by atoms with Crippen molar-refractivity contribution in [1.82, 2.24) is 9.55 Å². The summed E-state index contributed by atoms with van der Waals surface area (Å²) < 4.78 is 20.4. The summed E-state index contributed by atoms with van der Waals surface area (Å²) in [5, 5.41) is 29.1. The molecule has 0 aliphatic rings. The van der Waals surface area contributed by atoms with Crippen LogP contribution in [0.3, 0.4) is 0 Å². The molecule has 10 heteroatoms. The van der Waals surface area contributed by atoms with Crippen LogP contribution in [0.15, 0.2) is 36.7 Å². The van der Waals surface area contributed by atoms with E-state index in [1.54, 1.807) is 0 Å². The molecule has 2 heterocycles. The molecule has 0 unspecified atom stereocenters. The summed E-state index contributed by atoms with van der Waals surface area (Å²) in [4.78, 5) is 25.3. The Morgan fingerprint density at radius 3 is 2.78 bits per heavy atom. The van der Waals surface area contributed by atoms with Gasteiger partial charge in [-0.2, -0.15) is 0 Å². The van der Waals surface area contributed by atoms with Crippen LogP contribution < -0.4 is 4.74 Å². The Morgan fingerprint density at radius 1 is 1.37 bits per heavy atom.